The molecule has 0 fully saturated rings. The number of rotatable bonds is 3. The molecule has 0 heterocycles. The van der Waals surface area contributed by atoms with Gasteiger partial charge in [0.05, 0.1) is 7.11 Å². The Hall–Kier alpha value is -2.02. The van der Waals surface area contributed by atoms with E-state index in [4.69, 9.17) is 4.74 Å². The number of hydrogen-bond acceptors (Lipinski definition) is 1. The first-order valence-electron chi connectivity index (χ1n) is 6.62. The molecular formula is C18H17O. The van der Waals surface area contributed by atoms with E-state index in [9.17, 15) is 0 Å². The van der Waals surface area contributed by atoms with Crippen LogP contribution in [0, 0.1) is 6.42 Å². The van der Waals surface area contributed by atoms with Crippen LogP contribution in [-0.4, -0.2) is 7.11 Å². The summed E-state index contributed by atoms with van der Waals surface area (Å²) in [5, 5.41) is 2.62. The largest absolute Gasteiger partial charge is 0.500 e. The summed E-state index contributed by atoms with van der Waals surface area (Å²) in [5.74, 6) is 1.01. The zero-order valence-electron chi connectivity index (χ0n) is 11.1. The van der Waals surface area contributed by atoms with Crippen LogP contribution in [0.1, 0.15) is 12.0 Å². The lowest BCUT2D eigenvalue weighted by atomic mass is 9.94. The highest BCUT2D eigenvalue weighted by Gasteiger charge is 2.11. The highest BCUT2D eigenvalue weighted by molar-refractivity contribution is 5.86. The Balaban J connectivity index is 2.02. The molecule has 2 aromatic carbocycles. The summed E-state index contributed by atoms with van der Waals surface area (Å²) in [5.41, 5.74) is 2.60. The lowest BCUT2D eigenvalue weighted by molar-refractivity contribution is 0.292. The normalized spacial score (nSPS) is 15.0. The molecule has 3 rings (SSSR count). The minimum absolute atomic E-state index is 0.914. The monoisotopic (exact) mass is 249 g/mol. The molecule has 0 atom stereocenters. The van der Waals surface area contributed by atoms with E-state index in [0.29, 0.717) is 0 Å². The second-order valence-electron chi connectivity index (χ2n) is 4.75. The molecule has 1 aliphatic carbocycles. The standard InChI is InChI=1S/C18H17O/c1-19-18-12-5-3-8-16(18)13-15-10-6-9-14-7-2-4-11-17(14)15/h2-4,6-12H,5,13H2,1H3. The van der Waals surface area contributed by atoms with Crippen molar-refractivity contribution in [3.63, 3.8) is 0 Å². The Morgan fingerprint density at radius 2 is 1.89 bits per heavy atom. The van der Waals surface area contributed by atoms with Gasteiger partial charge in [0.2, 0.25) is 0 Å². The predicted molar refractivity (Wildman–Crippen MR) is 79.7 cm³/mol. The molecule has 0 saturated carbocycles. The number of benzene rings is 2. The molecule has 2 aromatic rings. The quantitative estimate of drug-likeness (QED) is 0.781. The van der Waals surface area contributed by atoms with E-state index >= 15 is 0 Å². The number of hydrogen-bond donors (Lipinski definition) is 0. The zero-order chi connectivity index (χ0) is 13.1. The minimum Gasteiger partial charge on any atom is -0.500 e. The fourth-order valence-corrected chi connectivity index (χ4v) is 2.61. The van der Waals surface area contributed by atoms with Crippen LogP contribution in [-0.2, 0) is 11.2 Å². The Bertz CT molecular complexity index is 644. The zero-order valence-corrected chi connectivity index (χ0v) is 11.1. The highest BCUT2D eigenvalue weighted by Crippen LogP contribution is 2.26. The Morgan fingerprint density at radius 3 is 2.79 bits per heavy atom. The molecule has 0 bridgehead atoms. The van der Waals surface area contributed by atoms with E-state index in [0.717, 1.165) is 18.6 Å². The van der Waals surface area contributed by atoms with Crippen LogP contribution in [0.3, 0.4) is 0 Å². The smallest absolute Gasteiger partial charge is 0.103 e. The van der Waals surface area contributed by atoms with Crippen molar-refractivity contribution in [3.05, 3.63) is 77.9 Å². The Labute approximate surface area is 114 Å². The van der Waals surface area contributed by atoms with Crippen LogP contribution >= 0.6 is 0 Å². The van der Waals surface area contributed by atoms with Gasteiger partial charge in [0, 0.05) is 12.8 Å². The van der Waals surface area contributed by atoms with E-state index in [-0.39, 0.29) is 0 Å². The molecule has 0 spiro atoms. The minimum atomic E-state index is 0.914. The van der Waals surface area contributed by atoms with Gasteiger partial charge in [-0.2, -0.15) is 0 Å². The first-order chi connectivity index (χ1) is 9.38. The molecule has 19 heavy (non-hydrogen) atoms. The lowest BCUT2D eigenvalue weighted by Crippen LogP contribution is -2.01. The van der Waals surface area contributed by atoms with E-state index in [1.807, 2.05) is 0 Å². The summed E-state index contributed by atoms with van der Waals surface area (Å²) in [6, 6.07) is 15.0. The van der Waals surface area contributed by atoms with Crippen molar-refractivity contribution in [1.29, 1.82) is 0 Å². The molecule has 1 radical (unpaired) electrons. The SMILES string of the molecule is COC1=C(Cc2cccc3ccccc23)C=CC[CH]1. The predicted octanol–water partition coefficient (Wildman–Crippen LogP) is 4.45. The third-order valence-corrected chi connectivity index (χ3v) is 3.56. The van der Waals surface area contributed by atoms with Crippen LogP contribution in [0.2, 0.25) is 0 Å². The number of ether oxygens (including phenoxy) is 1. The van der Waals surface area contributed by atoms with Gasteiger partial charge in [-0.3, -0.25) is 0 Å². The van der Waals surface area contributed by atoms with Crippen LogP contribution in [0.25, 0.3) is 10.8 Å². The van der Waals surface area contributed by atoms with Crippen molar-refractivity contribution in [2.75, 3.05) is 7.11 Å². The molecule has 1 aliphatic rings. The summed E-state index contributed by atoms with van der Waals surface area (Å²) in [4.78, 5) is 0. The van der Waals surface area contributed by atoms with Crippen molar-refractivity contribution >= 4 is 10.8 Å². The molecule has 0 N–H and O–H groups in total. The maximum absolute atomic E-state index is 5.46. The second-order valence-corrected chi connectivity index (χ2v) is 4.75. The lowest BCUT2D eigenvalue weighted by Gasteiger charge is -2.15. The van der Waals surface area contributed by atoms with Gasteiger partial charge in [-0.1, -0.05) is 54.6 Å². The van der Waals surface area contributed by atoms with E-state index in [1.165, 1.54) is 21.9 Å². The van der Waals surface area contributed by atoms with Crippen LogP contribution in [0.5, 0.6) is 0 Å². The summed E-state index contributed by atoms with van der Waals surface area (Å²) < 4.78 is 5.46. The van der Waals surface area contributed by atoms with Crippen LogP contribution in [0.4, 0.5) is 0 Å². The molecule has 1 heteroatoms. The molecular weight excluding hydrogens is 232 g/mol. The fraction of sp³-hybridized carbons (Fsp3) is 0.167. The molecule has 0 aromatic heterocycles. The first-order valence-corrected chi connectivity index (χ1v) is 6.62. The van der Waals surface area contributed by atoms with E-state index < -0.39 is 0 Å². The van der Waals surface area contributed by atoms with Crippen LogP contribution in [0.15, 0.2) is 65.9 Å². The van der Waals surface area contributed by atoms with Gasteiger partial charge in [0.25, 0.3) is 0 Å². The average molecular weight is 249 g/mol. The van der Waals surface area contributed by atoms with Gasteiger partial charge < -0.3 is 4.74 Å². The number of fused-ring (bicyclic) bond motifs is 1. The Morgan fingerprint density at radius 1 is 1.05 bits per heavy atom. The summed E-state index contributed by atoms with van der Waals surface area (Å²) in [6.07, 6.45) is 8.38. The third kappa shape index (κ3) is 2.41. The number of methoxy groups -OCH3 is 1. The highest BCUT2D eigenvalue weighted by atomic mass is 16.5. The maximum Gasteiger partial charge on any atom is 0.103 e. The molecule has 0 saturated heterocycles. The van der Waals surface area contributed by atoms with Gasteiger partial charge in [-0.15, -0.1) is 0 Å². The Kier molecular flexibility index (Phi) is 3.37. The topological polar surface area (TPSA) is 9.23 Å². The molecule has 0 aliphatic heterocycles. The van der Waals surface area contributed by atoms with E-state index in [2.05, 4.69) is 61.0 Å². The molecule has 0 amide bonds. The average Bonchev–Trinajstić information content (AvgIpc) is 2.48. The van der Waals surface area contributed by atoms with Crippen molar-refractivity contribution in [1.82, 2.24) is 0 Å². The van der Waals surface area contributed by atoms with Gasteiger partial charge in [0.15, 0.2) is 0 Å². The molecule has 0 unspecified atom stereocenters. The number of allylic oxidation sites excluding steroid dienone is 4. The van der Waals surface area contributed by atoms with E-state index in [1.54, 1.807) is 7.11 Å². The van der Waals surface area contributed by atoms with Crippen molar-refractivity contribution in [2.45, 2.75) is 12.8 Å². The van der Waals surface area contributed by atoms with Gasteiger partial charge >= 0.3 is 0 Å². The van der Waals surface area contributed by atoms with Crippen LogP contribution < -0.4 is 0 Å². The molecule has 95 valence electrons. The summed E-state index contributed by atoms with van der Waals surface area (Å²) in [6.45, 7) is 0. The maximum atomic E-state index is 5.46. The summed E-state index contributed by atoms with van der Waals surface area (Å²) >= 11 is 0. The first kappa shape index (κ1) is 12.0. The van der Waals surface area contributed by atoms with Crippen molar-refractivity contribution in [2.24, 2.45) is 0 Å². The third-order valence-electron chi connectivity index (χ3n) is 3.56. The fourth-order valence-electron chi connectivity index (χ4n) is 2.61. The van der Waals surface area contributed by atoms with Gasteiger partial charge in [0.1, 0.15) is 5.76 Å². The summed E-state index contributed by atoms with van der Waals surface area (Å²) in [7, 11) is 1.74. The van der Waals surface area contributed by atoms with Crippen molar-refractivity contribution in [3.8, 4) is 0 Å². The molecule has 1 nitrogen and oxygen atoms in total. The van der Waals surface area contributed by atoms with Crippen molar-refractivity contribution < 1.29 is 4.74 Å². The van der Waals surface area contributed by atoms with Gasteiger partial charge in [-0.05, 0) is 28.3 Å². The van der Waals surface area contributed by atoms with Gasteiger partial charge in [-0.25, -0.2) is 0 Å². The second kappa shape index (κ2) is 5.31.